The topological polar surface area (TPSA) is 126 Å². The molecule has 4 saturated heterocycles. The lowest BCUT2D eigenvalue weighted by atomic mass is 9.74. The Morgan fingerprint density at radius 1 is 0.786 bits per heavy atom. The van der Waals surface area contributed by atoms with E-state index in [2.05, 4.69) is 35.6 Å². The van der Waals surface area contributed by atoms with Crippen LogP contribution in [0.2, 0.25) is 0 Å². The Hall–Kier alpha value is -4.71. The van der Waals surface area contributed by atoms with Crippen LogP contribution >= 0.6 is 0 Å². The molecule has 3 aromatic carbocycles. The standard InChI is InChI=1S/C31H30N8O3/c40-28(22-11-5-2-6-12-22)32-26(25-23-13-7-8-14-24(23)29(41)35-33-25)30(42)36-34-27(21-9-3-1-4-10-21)31-15-37-18-38(16-31)20-39(17-31)19-37/h1-14,26H,15-20H2,(H,32,40)(H,35,41)(H,36,42). The normalized spacial score (nSPS) is 25.2. The van der Waals surface area contributed by atoms with E-state index in [9.17, 15) is 14.4 Å². The lowest BCUT2D eigenvalue weighted by Gasteiger charge is -2.60. The number of carbonyl (C=O) groups excluding carboxylic acids is 2. The molecule has 0 spiro atoms. The first kappa shape index (κ1) is 26.2. The van der Waals surface area contributed by atoms with Crippen LogP contribution in [0.4, 0.5) is 0 Å². The van der Waals surface area contributed by atoms with Crippen LogP contribution in [-0.4, -0.2) is 82.1 Å². The van der Waals surface area contributed by atoms with Crippen molar-refractivity contribution in [2.45, 2.75) is 6.04 Å². The molecule has 3 N–H and O–H groups in total. The van der Waals surface area contributed by atoms with Crippen molar-refractivity contribution in [2.75, 3.05) is 39.6 Å². The van der Waals surface area contributed by atoms with E-state index in [1.165, 1.54) is 0 Å². The molecule has 0 radical (unpaired) electrons. The zero-order valence-electron chi connectivity index (χ0n) is 22.9. The van der Waals surface area contributed by atoms with Crippen LogP contribution in [0.1, 0.15) is 27.7 Å². The van der Waals surface area contributed by atoms with Gasteiger partial charge >= 0.3 is 0 Å². The molecule has 8 rings (SSSR count). The first-order chi connectivity index (χ1) is 20.5. The molecular formula is C31H30N8O3. The van der Waals surface area contributed by atoms with E-state index >= 15 is 0 Å². The van der Waals surface area contributed by atoms with Crippen LogP contribution in [0.3, 0.4) is 0 Å². The Morgan fingerprint density at radius 3 is 1.95 bits per heavy atom. The zero-order chi connectivity index (χ0) is 28.7. The van der Waals surface area contributed by atoms with E-state index in [0.29, 0.717) is 16.3 Å². The van der Waals surface area contributed by atoms with E-state index in [0.717, 1.165) is 50.9 Å². The first-order valence-corrected chi connectivity index (χ1v) is 13.9. The number of fused-ring (bicyclic) bond motifs is 1. The summed E-state index contributed by atoms with van der Waals surface area (Å²) in [5.41, 5.74) is 4.45. The van der Waals surface area contributed by atoms with Crippen LogP contribution in [0.5, 0.6) is 0 Å². The monoisotopic (exact) mass is 562 g/mol. The molecule has 11 heteroatoms. The lowest BCUT2D eigenvalue weighted by molar-refractivity contribution is -0.149. The van der Waals surface area contributed by atoms with Crippen molar-refractivity contribution in [3.8, 4) is 0 Å². The van der Waals surface area contributed by atoms with Gasteiger partial charge in [-0.05, 0) is 23.8 Å². The summed E-state index contributed by atoms with van der Waals surface area (Å²) in [5.74, 6) is -1.02. The molecule has 11 nitrogen and oxygen atoms in total. The Morgan fingerprint density at radius 2 is 1.33 bits per heavy atom. The molecule has 2 amide bonds. The second-order valence-corrected chi connectivity index (χ2v) is 11.2. The maximum atomic E-state index is 14.0. The molecule has 212 valence electrons. The molecule has 4 aliphatic heterocycles. The Balaban J connectivity index is 1.27. The molecule has 4 aromatic rings. The fourth-order valence-corrected chi connectivity index (χ4v) is 6.62. The lowest BCUT2D eigenvalue weighted by Crippen LogP contribution is -2.74. The summed E-state index contributed by atoms with van der Waals surface area (Å²) < 4.78 is 0. The summed E-state index contributed by atoms with van der Waals surface area (Å²) in [6.07, 6.45) is 0. The summed E-state index contributed by atoms with van der Waals surface area (Å²) in [7, 11) is 0. The molecule has 0 saturated carbocycles. The quantitative estimate of drug-likeness (QED) is 0.231. The second-order valence-electron chi connectivity index (χ2n) is 11.2. The number of aromatic amines is 1. The highest BCUT2D eigenvalue weighted by atomic mass is 16.2. The molecule has 4 fully saturated rings. The number of hydrogen-bond donors (Lipinski definition) is 3. The van der Waals surface area contributed by atoms with E-state index < -0.39 is 17.9 Å². The highest BCUT2D eigenvalue weighted by Gasteiger charge is 2.52. The van der Waals surface area contributed by atoms with Crippen molar-refractivity contribution in [1.29, 1.82) is 0 Å². The Bertz CT molecular complexity index is 1700. The minimum absolute atomic E-state index is 0.224. The van der Waals surface area contributed by atoms with Gasteiger partial charge in [0.15, 0.2) is 6.04 Å². The molecule has 42 heavy (non-hydrogen) atoms. The fraction of sp³-hybridized carbons (Fsp3) is 0.258. The van der Waals surface area contributed by atoms with E-state index in [1.807, 2.05) is 36.4 Å². The number of nitrogens with zero attached hydrogens (tertiary/aromatic N) is 5. The summed E-state index contributed by atoms with van der Waals surface area (Å²) in [4.78, 5) is 47.0. The molecular weight excluding hydrogens is 532 g/mol. The van der Waals surface area contributed by atoms with E-state index in [4.69, 9.17) is 5.10 Å². The number of nitrogens with one attached hydrogen (secondary N) is 3. The first-order valence-electron chi connectivity index (χ1n) is 13.9. The Kier molecular flexibility index (Phi) is 6.62. The second kappa shape index (κ2) is 10.6. The minimum atomic E-state index is -1.23. The molecule has 4 aliphatic rings. The van der Waals surface area contributed by atoms with Gasteiger partial charge in [-0.2, -0.15) is 10.2 Å². The van der Waals surface area contributed by atoms with Crippen molar-refractivity contribution in [2.24, 2.45) is 10.5 Å². The third-order valence-electron chi connectivity index (χ3n) is 8.18. The molecule has 1 aromatic heterocycles. The van der Waals surface area contributed by atoms with Crippen molar-refractivity contribution < 1.29 is 9.59 Å². The van der Waals surface area contributed by atoms with Gasteiger partial charge in [0.05, 0.1) is 36.5 Å². The van der Waals surface area contributed by atoms with Gasteiger partial charge in [0.25, 0.3) is 17.4 Å². The van der Waals surface area contributed by atoms with Gasteiger partial charge in [0.1, 0.15) is 5.69 Å². The number of carbonyl (C=O) groups is 2. The van der Waals surface area contributed by atoms with Crippen molar-refractivity contribution in [1.82, 2.24) is 35.6 Å². The third kappa shape index (κ3) is 4.77. The Labute approximate surface area is 241 Å². The van der Waals surface area contributed by atoms with Gasteiger partial charge in [0.2, 0.25) is 0 Å². The van der Waals surface area contributed by atoms with Crippen LogP contribution in [0.15, 0.2) is 94.8 Å². The SMILES string of the molecule is O=C(NC(C(=O)NN=C(c1ccccc1)C12CN3CN(CN(C3)C1)C2)c1n[nH]c(=O)c2ccccc12)c1ccccc1. The van der Waals surface area contributed by atoms with Crippen LogP contribution in [0, 0.1) is 5.41 Å². The molecule has 4 bridgehead atoms. The number of hydrazone groups is 1. The third-order valence-corrected chi connectivity index (χ3v) is 8.18. The number of amides is 2. The average Bonchev–Trinajstić information content (AvgIpc) is 3.00. The molecule has 0 aliphatic carbocycles. The summed E-state index contributed by atoms with van der Waals surface area (Å²) in [5, 5.41) is 15.2. The number of hydrogen-bond acceptors (Lipinski definition) is 8. The predicted octanol–water partition coefficient (Wildman–Crippen LogP) is 1.72. The smallest absolute Gasteiger partial charge is 0.272 e. The van der Waals surface area contributed by atoms with E-state index in [1.54, 1.807) is 48.5 Å². The maximum absolute atomic E-state index is 14.0. The van der Waals surface area contributed by atoms with Gasteiger partial charge in [0, 0.05) is 30.6 Å². The summed E-state index contributed by atoms with van der Waals surface area (Å²) in [6.45, 7) is 5.28. The maximum Gasteiger partial charge on any atom is 0.272 e. The number of benzene rings is 3. The van der Waals surface area contributed by atoms with Gasteiger partial charge in [-0.15, -0.1) is 0 Å². The predicted molar refractivity (Wildman–Crippen MR) is 157 cm³/mol. The van der Waals surface area contributed by atoms with Crippen LogP contribution < -0.4 is 16.3 Å². The molecule has 1 atom stereocenters. The summed E-state index contributed by atoms with van der Waals surface area (Å²) in [6, 6.07) is 24.2. The number of H-pyrrole nitrogens is 1. The highest BCUT2D eigenvalue weighted by molar-refractivity contribution is 6.06. The van der Waals surface area contributed by atoms with Crippen LogP contribution in [0.25, 0.3) is 10.8 Å². The largest absolute Gasteiger partial charge is 0.335 e. The molecule has 5 heterocycles. The van der Waals surface area contributed by atoms with Crippen molar-refractivity contribution in [3.63, 3.8) is 0 Å². The molecule has 1 unspecified atom stereocenters. The van der Waals surface area contributed by atoms with Gasteiger partial charge < -0.3 is 5.32 Å². The van der Waals surface area contributed by atoms with Gasteiger partial charge in [-0.25, -0.2) is 10.5 Å². The zero-order valence-corrected chi connectivity index (χ0v) is 22.9. The van der Waals surface area contributed by atoms with E-state index in [-0.39, 0.29) is 16.7 Å². The number of rotatable bonds is 7. The van der Waals surface area contributed by atoms with Crippen LogP contribution in [-0.2, 0) is 4.79 Å². The highest BCUT2D eigenvalue weighted by Crippen LogP contribution is 2.38. The van der Waals surface area contributed by atoms with Gasteiger partial charge in [-0.1, -0.05) is 66.7 Å². The van der Waals surface area contributed by atoms with Crippen molar-refractivity contribution in [3.05, 3.63) is 112 Å². The average molecular weight is 563 g/mol. The van der Waals surface area contributed by atoms with Gasteiger partial charge in [-0.3, -0.25) is 29.1 Å². The number of aromatic nitrogens is 2. The fourth-order valence-electron chi connectivity index (χ4n) is 6.62. The summed E-state index contributed by atoms with van der Waals surface area (Å²) >= 11 is 0. The minimum Gasteiger partial charge on any atom is -0.335 e. The van der Waals surface area contributed by atoms with Crippen molar-refractivity contribution >= 4 is 28.3 Å².